The van der Waals surface area contributed by atoms with Crippen molar-refractivity contribution in [3.8, 4) is 0 Å². The monoisotopic (exact) mass is 368 g/mol. The zero-order valence-corrected chi connectivity index (χ0v) is 16.0. The molecule has 1 N–H and O–H groups in total. The largest absolute Gasteiger partial charge is 0.348 e. The number of anilines is 1. The molecule has 1 amide bonds. The van der Waals surface area contributed by atoms with E-state index in [1.807, 2.05) is 23.6 Å². The molecule has 1 aliphatic heterocycles. The van der Waals surface area contributed by atoms with Crippen LogP contribution >= 0.6 is 11.3 Å². The lowest BCUT2D eigenvalue weighted by Crippen LogP contribution is -2.45. The van der Waals surface area contributed by atoms with E-state index in [1.54, 1.807) is 0 Å². The van der Waals surface area contributed by atoms with Gasteiger partial charge in [-0.05, 0) is 50.3 Å². The summed E-state index contributed by atoms with van der Waals surface area (Å²) in [7, 11) is 0. The zero-order chi connectivity index (χ0) is 18.1. The van der Waals surface area contributed by atoms with Crippen LogP contribution in [0.15, 0.2) is 41.8 Å². The summed E-state index contributed by atoms with van der Waals surface area (Å²) in [6.45, 7) is 6.22. The summed E-state index contributed by atoms with van der Waals surface area (Å²) < 4.78 is 2.32. The summed E-state index contributed by atoms with van der Waals surface area (Å²) in [4.78, 5) is 20.3. The van der Waals surface area contributed by atoms with Crippen LogP contribution in [0.3, 0.4) is 0 Å². The van der Waals surface area contributed by atoms with E-state index >= 15 is 0 Å². The number of carbonyl (C=O) groups is 1. The summed E-state index contributed by atoms with van der Waals surface area (Å²) in [5.41, 5.74) is 2.23. The molecule has 0 aliphatic carbocycles. The number of imidazole rings is 1. The van der Waals surface area contributed by atoms with Gasteiger partial charge in [0.25, 0.3) is 5.91 Å². The zero-order valence-electron chi connectivity index (χ0n) is 15.2. The molecule has 0 atom stereocenters. The van der Waals surface area contributed by atoms with Crippen molar-refractivity contribution in [3.05, 3.63) is 46.7 Å². The maximum Gasteiger partial charge on any atom is 0.261 e. The highest BCUT2D eigenvalue weighted by Crippen LogP contribution is 2.28. The van der Waals surface area contributed by atoms with Crippen LogP contribution in [0.4, 0.5) is 5.95 Å². The van der Waals surface area contributed by atoms with E-state index in [0.29, 0.717) is 6.04 Å². The van der Waals surface area contributed by atoms with Gasteiger partial charge in [0.05, 0.1) is 15.9 Å². The molecule has 2 aromatic heterocycles. The van der Waals surface area contributed by atoms with Crippen LogP contribution in [0.2, 0.25) is 0 Å². The van der Waals surface area contributed by atoms with Crippen molar-refractivity contribution in [2.75, 3.05) is 18.0 Å². The summed E-state index contributed by atoms with van der Waals surface area (Å²) in [6, 6.07) is 12.7. The Morgan fingerprint density at radius 2 is 1.96 bits per heavy atom. The highest BCUT2D eigenvalue weighted by atomic mass is 32.1. The fraction of sp³-hybridized carbons (Fsp3) is 0.400. The van der Waals surface area contributed by atoms with Crippen molar-refractivity contribution in [3.63, 3.8) is 0 Å². The van der Waals surface area contributed by atoms with Crippen LogP contribution in [-0.4, -0.2) is 34.6 Å². The Morgan fingerprint density at radius 1 is 1.19 bits per heavy atom. The first-order valence-corrected chi connectivity index (χ1v) is 10.1. The minimum Gasteiger partial charge on any atom is -0.348 e. The van der Waals surface area contributed by atoms with Gasteiger partial charge < -0.3 is 14.8 Å². The van der Waals surface area contributed by atoms with Crippen LogP contribution in [0.1, 0.15) is 42.4 Å². The molecule has 5 nitrogen and oxygen atoms in total. The van der Waals surface area contributed by atoms with Gasteiger partial charge >= 0.3 is 0 Å². The first-order chi connectivity index (χ1) is 12.6. The Balaban J connectivity index is 1.47. The molecule has 1 aromatic carbocycles. The van der Waals surface area contributed by atoms with E-state index in [1.165, 1.54) is 16.9 Å². The lowest BCUT2D eigenvalue weighted by atomic mass is 10.1. The third-order valence-corrected chi connectivity index (χ3v) is 5.82. The number of piperidine rings is 1. The number of fused-ring (bicyclic) bond motifs is 1. The third kappa shape index (κ3) is 3.21. The number of nitrogens with zero attached hydrogens (tertiary/aromatic N) is 3. The topological polar surface area (TPSA) is 50.2 Å². The van der Waals surface area contributed by atoms with E-state index in [4.69, 9.17) is 4.98 Å². The van der Waals surface area contributed by atoms with Gasteiger partial charge in [0.15, 0.2) is 0 Å². The van der Waals surface area contributed by atoms with E-state index in [2.05, 4.69) is 46.8 Å². The van der Waals surface area contributed by atoms with Gasteiger partial charge in [-0.15, -0.1) is 11.3 Å². The number of carbonyl (C=O) groups excluding carboxylic acids is 1. The molecule has 0 saturated carbocycles. The molecule has 4 rings (SSSR count). The molecule has 3 heterocycles. The van der Waals surface area contributed by atoms with E-state index in [9.17, 15) is 4.79 Å². The summed E-state index contributed by atoms with van der Waals surface area (Å²) >= 11 is 1.49. The minimum absolute atomic E-state index is 0.0490. The molecule has 0 bridgehead atoms. The molecule has 1 saturated heterocycles. The SMILES string of the molecule is CC(C)n1c(N2CCC(NC(=O)c3cccs3)CC2)nc2ccccc21. The average Bonchev–Trinajstić information content (AvgIpc) is 3.30. The molecule has 6 heteroatoms. The van der Waals surface area contributed by atoms with Crippen molar-refractivity contribution in [2.45, 2.75) is 38.8 Å². The molecular weight excluding hydrogens is 344 g/mol. The first kappa shape index (κ1) is 17.1. The molecule has 136 valence electrons. The second-order valence-corrected chi connectivity index (χ2v) is 8.02. The van der Waals surface area contributed by atoms with Crippen molar-refractivity contribution in [2.24, 2.45) is 0 Å². The Kier molecular flexibility index (Phi) is 4.68. The Bertz CT molecular complexity index is 892. The quantitative estimate of drug-likeness (QED) is 0.755. The maximum atomic E-state index is 12.3. The molecule has 1 aliphatic rings. The normalized spacial score (nSPS) is 15.7. The van der Waals surface area contributed by atoms with Gasteiger partial charge in [-0.25, -0.2) is 4.98 Å². The Hall–Kier alpha value is -2.34. The second-order valence-electron chi connectivity index (χ2n) is 7.08. The van der Waals surface area contributed by atoms with Gasteiger partial charge in [-0.3, -0.25) is 4.79 Å². The number of para-hydroxylation sites is 2. The number of aromatic nitrogens is 2. The van der Waals surface area contributed by atoms with E-state index < -0.39 is 0 Å². The number of hydrogen-bond donors (Lipinski definition) is 1. The smallest absolute Gasteiger partial charge is 0.261 e. The maximum absolute atomic E-state index is 12.3. The van der Waals surface area contributed by atoms with Crippen molar-refractivity contribution in [1.29, 1.82) is 0 Å². The van der Waals surface area contributed by atoms with E-state index in [0.717, 1.165) is 42.3 Å². The van der Waals surface area contributed by atoms with Crippen LogP contribution in [0.25, 0.3) is 11.0 Å². The van der Waals surface area contributed by atoms with Crippen LogP contribution in [0, 0.1) is 0 Å². The fourth-order valence-electron chi connectivity index (χ4n) is 3.65. The van der Waals surface area contributed by atoms with Gasteiger partial charge in [0, 0.05) is 25.2 Å². The average molecular weight is 369 g/mol. The van der Waals surface area contributed by atoms with Crippen LogP contribution in [0.5, 0.6) is 0 Å². The number of hydrogen-bond acceptors (Lipinski definition) is 4. The fourth-order valence-corrected chi connectivity index (χ4v) is 4.28. The first-order valence-electron chi connectivity index (χ1n) is 9.20. The predicted octanol–water partition coefficient (Wildman–Crippen LogP) is 4.08. The third-order valence-electron chi connectivity index (χ3n) is 4.95. The van der Waals surface area contributed by atoms with Crippen molar-refractivity contribution in [1.82, 2.24) is 14.9 Å². The molecule has 0 spiro atoms. The standard InChI is InChI=1S/C20H24N4OS/c1-14(2)24-17-7-4-3-6-16(17)22-20(24)23-11-9-15(10-12-23)21-19(25)18-8-5-13-26-18/h3-8,13-15H,9-12H2,1-2H3,(H,21,25). The molecular formula is C20H24N4OS. The highest BCUT2D eigenvalue weighted by molar-refractivity contribution is 7.12. The number of thiophene rings is 1. The van der Waals surface area contributed by atoms with Crippen LogP contribution in [-0.2, 0) is 0 Å². The number of rotatable bonds is 4. The number of benzene rings is 1. The van der Waals surface area contributed by atoms with Crippen LogP contribution < -0.4 is 10.2 Å². The van der Waals surface area contributed by atoms with Gasteiger partial charge in [0.1, 0.15) is 0 Å². The number of nitrogens with one attached hydrogen (secondary N) is 1. The van der Waals surface area contributed by atoms with Crippen molar-refractivity contribution < 1.29 is 4.79 Å². The molecule has 3 aromatic rings. The summed E-state index contributed by atoms with van der Waals surface area (Å²) in [6.07, 6.45) is 1.89. The Labute approximate surface area is 157 Å². The minimum atomic E-state index is 0.0490. The van der Waals surface area contributed by atoms with Gasteiger partial charge in [0.2, 0.25) is 5.95 Å². The highest BCUT2D eigenvalue weighted by Gasteiger charge is 2.25. The lowest BCUT2D eigenvalue weighted by Gasteiger charge is -2.33. The predicted molar refractivity (Wildman–Crippen MR) is 107 cm³/mol. The molecule has 0 unspecified atom stereocenters. The molecule has 26 heavy (non-hydrogen) atoms. The lowest BCUT2D eigenvalue weighted by molar-refractivity contribution is 0.0935. The second kappa shape index (κ2) is 7.11. The summed E-state index contributed by atoms with van der Waals surface area (Å²) in [5, 5.41) is 5.11. The van der Waals surface area contributed by atoms with Gasteiger partial charge in [-0.1, -0.05) is 18.2 Å². The van der Waals surface area contributed by atoms with Crippen molar-refractivity contribution >= 4 is 34.2 Å². The molecule has 1 fully saturated rings. The number of amides is 1. The molecule has 0 radical (unpaired) electrons. The Morgan fingerprint density at radius 3 is 2.65 bits per heavy atom. The summed E-state index contributed by atoms with van der Waals surface area (Å²) in [5.74, 6) is 1.09. The van der Waals surface area contributed by atoms with E-state index in [-0.39, 0.29) is 11.9 Å². The van der Waals surface area contributed by atoms with Gasteiger partial charge in [-0.2, -0.15) is 0 Å².